The highest BCUT2D eigenvalue weighted by molar-refractivity contribution is 8.02. The Morgan fingerprint density at radius 2 is 1.30 bits per heavy atom. The number of thioether (sulfide) groups is 2. The fraction of sp³-hybridized carbons (Fsp3) is 0.125. The predicted octanol–water partition coefficient (Wildman–Crippen LogP) is 5.92. The first-order valence-electron chi connectivity index (χ1n) is 6.77. The van der Waals surface area contributed by atoms with Gasteiger partial charge >= 0.3 is 0 Å². The highest BCUT2D eigenvalue weighted by Gasteiger charge is 2.06. The fourth-order valence-corrected chi connectivity index (χ4v) is 4.82. The van der Waals surface area contributed by atoms with Crippen LogP contribution in [-0.2, 0) is 11.5 Å². The van der Waals surface area contributed by atoms with E-state index in [1.54, 1.807) is 47.0 Å². The summed E-state index contributed by atoms with van der Waals surface area (Å²) in [5.74, 6) is 1.39. The number of benzene rings is 2. The zero-order chi connectivity index (χ0) is 16.1. The van der Waals surface area contributed by atoms with Crippen LogP contribution in [0.3, 0.4) is 0 Å². The van der Waals surface area contributed by atoms with Crippen molar-refractivity contribution in [1.82, 2.24) is 10.2 Å². The van der Waals surface area contributed by atoms with E-state index in [1.807, 2.05) is 24.3 Å². The van der Waals surface area contributed by atoms with Gasteiger partial charge in [-0.3, -0.25) is 0 Å². The van der Waals surface area contributed by atoms with Crippen molar-refractivity contribution in [2.45, 2.75) is 20.2 Å². The van der Waals surface area contributed by atoms with Crippen LogP contribution in [0.1, 0.15) is 11.1 Å². The Morgan fingerprint density at radius 1 is 0.826 bits per heavy atom. The molecule has 0 amide bonds. The Balaban J connectivity index is 1.51. The van der Waals surface area contributed by atoms with Gasteiger partial charge in [0.15, 0.2) is 8.68 Å². The van der Waals surface area contributed by atoms with Crippen molar-refractivity contribution in [3.63, 3.8) is 0 Å². The van der Waals surface area contributed by atoms with Gasteiger partial charge in [0.05, 0.1) is 0 Å². The largest absolute Gasteiger partial charge is 0.207 e. The number of hydrogen-bond acceptors (Lipinski definition) is 5. The molecule has 1 heterocycles. The van der Waals surface area contributed by atoms with Crippen molar-refractivity contribution in [1.29, 1.82) is 0 Å². The van der Waals surface area contributed by atoms with Crippen LogP contribution in [0.2, 0.25) is 5.02 Å². The average molecular weight is 383 g/mol. The fourth-order valence-electron chi connectivity index (χ4n) is 1.77. The van der Waals surface area contributed by atoms with Crippen molar-refractivity contribution in [3.8, 4) is 0 Å². The first-order valence-corrected chi connectivity index (χ1v) is 9.93. The molecular weight excluding hydrogens is 371 g/mol. The molecular formula is C16H12ClFN2S3. The Hall–Kier alpha value is -1.08. The molecule has 0 atom stereocenters. The molecule has 0 spiro atoms. The minimum Gasteiger partial charge on any atom is -0.207 e. The molecule has 2 nitrogen and oxygen atoms in total. The highest BCUT2D eigenvalue weighted by atomic mass is 35.5. The van der Waals surface area contributed by atoms with Crippen LogP contribution in [-0.4, -0.2) is 10.2 Å². The first kappa shape index (κ1) is 16.8. The third-order valence-electron chi connectivity index (χ3n) is 2.94. The number of aromatic nitrogens is 2. The van der Waals surface area contributed by atoms with E-state index < -0.39 is 0 Å². The number of halogens is 2. The SMILES string of the molecule is Fc1ccc(CSc2nnc(SCc3ccc(Cl)cc3)s2)cc1. The summed E-state index contributed by atoms with van der Waals surface area (Å²) in [4.78, 5) is 0. The quantitative estimate of drug-likeness (QED) is 0.494. The Labute approximate surface area is 151 Å². The molecule has 0 fully saturated rings. The number of hydrogen-bond donors (Lipinski definition) is 0. The molecule has 3 aromatic rings. The van der Waals surface area contributed by atoms with E-state index in [9.17, 15) is 4.39 Å². The number of nitrogens with zero attached hydrogens (tertiary/aromatic N) is 2. The lowest BCUT2D eigenvalue weighted by Crippen LogP contribution is -1.81. The van der Waals surface area contributed by atoms with E-state index in [0.717, 1.165) is 30.8 Å². The topological polar surface area (TPSA) is 25.8 Å². The Morgan fingerprint density at radius 3 is 1.83 bits per heavy atom. The highest BCUT2D eigenvalue weighted by Crippen LogP contribution is 2.32. The lowest BCUT2D eigenvalue weighted by Gasteiger charge is -1.98. The monoisotopic (exact) mass is 382 g/mol. The molecule has 0 saturated carbocycles. The molecule has 23 heavy (non-hydrogen) atoms. The van der Waals surface area contributed by atoms with Crippen LogP contribution in [0.25, 0.3) is 0 Å². The van der Waals surface area contributed by atoms with Gasteiger partial charge in [0.2, 0.25) is 0 Å². The second-order valence-corrected chi connectivity index (χ2v) is 8.52. The van der Waals surface area contributed by atoms with Gasteiger partial charge in [-0.1, -0.05) is 70.7 Å². The summed E-state index contributed by atoms with van der Waals surface area (Å²) in [6.07, 6.45) is 0. The first-order chi connectivity index (χ1) is 11.2. The van der Waals surface area contributed by atoms with Crippen molar-refractivity contribution in [2.24, 2.45) is 0 Å². The number of rotatable bonds is 6. The Kier molecular flexibility index (Phi) is 5.94. The molecule has 0 saturated heterocycles. The molecule has 0 aliphatic rings. The zero-order valence-electron chi connectivity index (χ0n) is 11.9. The minimum absolute atomic E-state index is 0.212. The standard InChI is InChI=1S/C16H12ClFN2S3/c17-13-5-1-11(2-6-13)9-21-15-19-20-16(23-15)22-10-12-3-7-14(18)8-4-12/h1-8H,9-10H2. The normalized spacial score (nSPS) is 10.9. The zero-order valence-corrected chi connectivity index (χ0v) is 15.1. The van der Waals surface area contributed by atoms with Crippen molar-refractivity contribution >= 4 is 46.5 Å². The molecule has 118 valence electrons. The summed E-state index contributed by atoms with van der Waals surface area (Å²) in [5, 5.41) is 9.14. The minimum atomic E-state index is -0.212. The summed E-state index contributed by atoms with van der Waals surface area (Å²) in [5.41, 5.74) is 2.28. The summed E-state index contributed by atoms with van der Waals surface area (Å²) >= 11 is 10.7. The maximum Gasteiger partial charge on any atom is 0.175 e. The summed E-state index contributed by atoms with van der Waals surface area (Å²) in [6.45, 7) is 0. The molecule has 2 aromatic carbocycles. The summed E-state index contributed by atoms with van der Waals surface area (Å²) < 4.78 is 14.7. The van der Waals surface area contributed by atoms with Gasteiger partial charge in [-0.2, -0.15) is 0 Å². The summed E-state index contributed by atoms with van der Waals surface area (Å²) in [7, 11) is 0. The van der Waals surface area contributed by atoms with Crippen molar-refractivity contribution < 1.29 is 4.39 Å². The van der Waals surface area contributed by atoms with Gasteiger partial charge in [0, 0.05) is 16.5 Å². The van der Waals surface area contributed by atoms with E-state index in [4.69, 9.17) is 11.6 Å². The Bertz CT molecular complexity index is 696. The van der Waals surface area contributed by atoms with Crippen molar-refractivity contribution in [2.75, 3.05) is 0 Å². The van der Waals surface area contributed by atoms with E-state index in [1.165, 1.54) is 17.7 Å². The van der Waals surface area contributed by atoms with Gasteiger partial charge in [-0.05, 0) is 35.4 Å². The average Bonchev–Trinajstić information content (AvgIpc) is 3.02. The van der Waals surface area contributed by atoms with Gasteiger partial charge in [-0.25, -0.2) is 4.39 Å². The smallest absolute Gasteiger partial charge is 0.175 e. The van der Waals surface area contributed by atoms with Gasteiger partial charge < -0.3 is 0 Å². The second kappa shape index (κ2) is 8.15. The molecule has 3 rings (SSSR count). The molecule has 0 aliphatic carbocycles. The van der Waals surface area contributed by atoms with Gasteiger partial charge in [0.25, 0.3) is 0 Å². The van der Waals surface area contributed by atoms with Crippen molar-refractivity contribution in [3.05, 3.63) is 70.5 Å². The third kappa shape index (κ3) is 5.21. The van der Waals surface area contributed by atoms with Gasteiger partial charge in [-0.15, -0.1) is 10.2 Å². The van der Waals surface area contributed by atoms with E-state index in [2.05, 4.69) is 10.2 Å². The lowest BCUT2D eigenvalue weighted by atomic mass is 10.2. The predicted molar refractivity (Wildman–Crippen MR) is 96.9 cm³/mol. The molecule has 7 heteroatoms. The van der Waals surface area contributed by atoms with E-state index in [0.29, 0.717) is 0 Å². The van der Waals surface area contributed by atoms with Crippen LogP contribution in [0, 0.1) is 5.82 Å². The maximum atomic E-state index is 12.9. The molecule has 0 radical (unpaired) electrons. The molecule has 0 bridgehead atoms. The van der Waals surface area contributed by atoms with Crippen LogP contribution >= 0.6 is 46.5 Å². The molecule has 1 aromatic heterocycles. The molecule has 0 aliphatic heterocycles. The van der Waals surface area contributed by atoms with Crippen LogP contribution < -0.4 is 0 Å². The van der Waals surface area contributed by atoms with Crippen LogP contribution in [0.4, 0.5) is 4.39 Å². The summed E-state index contributed by atoms with van der Waals surface area (Å²) in [6, 6.07) is 14.3. The van der Waals surface area contributed by atoms with Crippen LogP contribution in [0.5, 0.6) is 0 Å². The maximum absolute atomic E-state index is 12.9. The van der Waals surface area contributed by atoms with E-state index >= 15 is 0 Å². The molecule has 0 N–H and O–H groups in total. The van der Waals surface area contributed by atoms with Crippen LogP contribution in [0.15, 0.2) is 57.2 Å². The second-order valence-electron chi connectivity index (χ2n) is 4.66. The van der Waals surface area contributed by atoms with E-state index in [-0.39, 0.29) is 5.82 Å². The third-order valence-corrected chi connectivity index (χ3v) is 6.52. The lowest BCUT2D eigenvalue weighted by molar-refractivity contribution is 0.627. The van der Waals surface area contributed by atoms with Gasteiger partial charge in [0.1, 0.15) is 5.82 Å². The molecule has 0 unspecified atom stereocenters.